The van der Waals surface area contributed by atoms with E-state index in [1.54, 1.807) is 4.90 Å². The van der Waals surface area contributed by atoms with Crippen molar-refractivity contribution < 1.29 is 14.4 Å². The molecule has 2 rings (SSSR count). The van der Waals surface area contributed by atoms with E-state index in [1.165, 1.54) is 0 Å². The van der Waals surface area contributed by atoms with Crippen molar-refractivity contribution in [2.24, 2.45) is 5.92 Å². The van der Waals surface area contributed by atoms with E-state index in [-0.39, 0.29) is 24.3 Å². The quantitative estimate of drug-likeness (QED) is 0.621. The molecule has 2 atom stereocenters. The number of rotatable bonds is 5. The van der Waals surface area contributed by atoms with Gasteiger partial charge in [-0.15, -0.1) is 0 Å². The van der Waals surface area contributed by atoms with E-state index in [9.17, 15) is 14.4 Å². The lowest BCUT2D eigenvalue weighted by Gasteiger charge is -2.36. The summed E-state index contributed by atoms with van der Waals surface area (Å²) in [5.74, 6) is -0.362. The summed E-state index contributed by atoms with van der Waals surface area (Å²) in [7, 11) is 0. The van der Waals surface area contributed by atoms with Crippen LogP contribution in [-0.2, 0) is 9.59 Å². The molecule has 128 valence electrons. The summed E-state index contributed by atoms with van der Waals surface area (Å²) in [6, 6.07) is -0.441. The lowest BCUT2D eigenvalue weighted by molar-refractivity contribution is -0.140. The van der Waals surface area contributed by atoms with Crippen molar-refractivity contribution in [3.05, 3.63) is 12.2 Å². The molecule has 6 heteroatoms. The first-order chi connectivity index (χ1) is 10.8. The Hall–Kier alpha value is -1.85. The second-order valence-electron chi connectivity index (χ2n) is 6.80. The van der Waals surface area contributed by atoms with Crippen molar-refractivity contribution >= 4 is 17.8 Å². The first-order valence-electron chi connectivity index (χ1n) is 8.38. The van der Waals surface area contributed by atoms with Gasteiger partial charge in [0.1, 0.15) is 12.1 Å². The first kappa shape index (κ1) is 17.5. The molecule has 0 bridgehead atoms. The SMILES string of the molecule is C=C(C)CN(CC)C(=O)CN1C(=O)NC2(CCCCC2C)C1=O. The fraction of sp³-hybridized carbons (Fsp3) is 0.706. The summed E-state index contributed by atoms with van der Waals surface area (Å²) in [6.45, 7) is 10.3. The second-order valence-corrected chi connectivity index (χ2v) is 6.80. The maximum atomic E-state index is 12.8. The topological polar surface area (TPSA) is 69.7 Å². The van der Waals surface area contributed by atoms with Crippen molar-refractivity contribution in [1.82, 2.24) is 15.1 Å². The summed E-state index contributed by atoms with van der Waals surface area (Å²) in [4.78, 5) is 40.2. The van der Waals surface area contributed by atoms with Gasteiger partial charge in [0, 0.05) is 13.1 Å². The van der Waals surface area contributed by atoms with Crippen LogP contribution in [0, 0.1) is 5.92 Å². The van der Waals surface area contributed by atoms with Crippen LogP contribution in [0.3, 0.4) is 0 Å². The molecule has 2 fully saturated rings. The Labute approximate surface area is 137 Å². The van der Waals surface area contributed by atoms with Crippen LogP contribution in [0.2, 0.25) is 0 Å². The summed E-state index contributed by atoms with van der Waals surface area (Å²) < 4.78 is 0. The minimum Gasteiger partial charge on any atom is -0.337 e. The highest BCUT2D eigenvalue weighted by Gasteiger charge is 2.55. The number of likely N-dealkylation sites (N-methyl/N-ethyl adjacent to an activating group) is 1. The van der Waals surface area contributed by atoms with Gasteiger partial charge in [-0.1, -0.05) is 31.9 Å². The summed E-state index contributed by atoms with van der Waals surface area (Å²) in [5, 5.41) is 2.87. The van der Waals surface area contributed by atoms with E-state index in [0.717, 1.165) is 29.7 Å². The van der Waals surface area contributed by atoms with Crippen LogP contribution >= 0.6 is 0 Å². The van der Waals surface area contributed by atoms with Gasteiger partial charge in [-0.05, 0) is 32.6 Å². The molecule has 0 aromatic carbocycles. The molecule has 1 aliphatic carbocycles. The number of carbonyl (C=O) groups is 3. The number of imide groups is 1. The average Bonchev–Trinajstić information content (AvgIpc) is 2.73. The van der Waals surface area contributed by atoms with Crippen molar-refractivity contribution in [2.45, 2.75) is 52.0 Å². The molecule has 2 aliphatic rings. The molecule has 1 spiro atoms. The van der Waals surface area contributed by atoms with Crippen LogP contribution in [0.15, 0.2) is 12.2 Å². The predicted molar refractivity (Wildman–Crippen MR) is 87.7 cm³/mol. The van der Waals surface area contributed by atoms with Gasteiger partial charge in [0.2, 0.25) is 5.91 Å². The number of nitrogens with one attached hydrogen (secondary N) is 1. The van der Waals surface area contributed by atoms with Gasteiger partial charge in [-0.2, -0.15) is 0 Å². The summed E-state index contributed by atoms with van der Waals surface area (Å²) >= 11 is 0. The third-order valence-corrected chi connectivity index (χ3v) is 4.99. The summed E-state index contributed by atoms with van der Waals surface area (Å²) in [5.41, 5.74) is 0.0656. The molecule has 0 aromatic heterocycles. The number of hydrogen-bond acceptors (Lipinski definition) is 3. The zero-order valence-corrected chi connectivity index (χ0v) is 14.4. The Kier molecular flexibility index (Phi) is 5.12. The Balaban J connectivity index is 2.11. The fourth-order valence-electron chi connectivity index (χ4n) is 3.58. The molecule has 1 aliphatic heterocycles. The highest BCUT2D eigenvalue weighted by molar-refractivity contribution is 6.09. The van der Waals surface area contributed by atoms with E-state index < -0.39 is 11.6 Å². The normalized spacial score (nSPS) is 27.3. The van der Waals surface area contributed by atoms with Crippen LogP contribution in [0.25, 0.3) is 0 Å². The summed E-state index contributed by atoms with van der Waals surface area (Å²) in [6.07, 6.45) is 3.58. The van der Waals surface area contributed by atoms with Gasteiger partial charge in [-0.25, -0.2) is 4.79 Å². The molecule has 4 amide bonds. The lowest BCUT2D eigenvalue weighted by atomic mass is 9.73. The Bertz CT molecular complexity index is 531. The highest BCUT2D eigenvalue weighted by atomic mass is 16.2. The molecular formula is C17H27N3O3. The number of urea groups is 1. The van der Waals surface area contributed by atoms with E-state index in [1.807, 2.05) is 20.8 Å². The van der Waals surface area contributed by atoms with Crippen LogP contribution in [-0.4, -0.2) is 52.8 Å². The molecule has 6 nitrogen and oxygen atoms in total. The standard InChI is InChI=1S/C17H27N3O3/c1-5-19(10-12(2)3)14(21)11-20-15(22)17(18-16(20)23)9-7-6-8-13(17)4/h13H,2,5-11H2,1,3-4H3,(H,18,23). The first-order valence-corrected chi connectivity index (χ1v) is 8.38. The zero-order valence-electron chi connectivity index (χ0n) is 14.4. The van der Waals surface area contributed by atoms with Crippen LogP contribution in [0.1, 0.15) is 46.5 Å². The molecular weight excluding hydrogens is 294 g/mol. The largest absolute Gasteiger partial charge is 0.337 e. The van der Waals surface area contributed by atoms with Gasteiger partial charge in [-0.3, -0.25) is 14.5 Å². The number of hydrogen-bond donors (Lipinski definition) is 1. The van der Waals surface area contributed by atoms with E-state index >= 15 is 0 Å². The number of amides is 4. The van der Waals surface area contributed by atoms with Gasteiger partial charge < -0.3 is 10.2 Å². The molecule has 1 saturated carbocycles. The van der Waals surface area contributed by atoms with Crippen molar-refractivity contribution in [1.29, 1.82) is 0 Å². The van der Waals surface area contributed by atoms with Gasteiger partial charge in [0.05, 0.1) is 0 Å². The van der Waals surface area contributed by atoms with Crippen LogP contribution in [0.4, 0.5) is 4.79 Å². The molecule has 1 N–H and O–H groups in total. The van der Waals surface area contributed by atoms with Crippen molar-refractivity contribution in [2.75, 3.05) is 19.6 Å². The van der Waals surface area contributed by atoms with E-state index in [2.05, 4.69) is 11.9 Å². The fourth-order valence-corrected chi connectivity index (χ4v) is 3.58. The van der Waals surface area contributed by atoms with E-state index in [4.69, 9.17) is 0 Å². The number of nitrogens with zero attached hydrogens (tertiary/aromatic N) is 2. The Morgan fingerprint density at radius 2 is 2.13 bits per heavy atom. The Morgan fingerprint density at radius 1 is 1.43 bits per heavy atom. The van der Waals surface area contributed by atoms with Gasteiger partial charge in [0.15, 0.2) is 0 Å². The molecule has 0 radical (unpaired) electrons. The monoisotopic (exact) mass is 321 g/mol. The molecule has 1 heterocycles. The van der Waals surface area contributed by atoms with Crippen LogP contribution in [0.5, 0.6) is 0 Å². The molecule has 0 aromatic rings. The van der Waals surface area contributed by atoms with Crippen molar-refractivity contribution in [3.63, 3.8) is 0 Å². The molecule has 1 saturated heterocycles. The molecule has 2 unspecified atom stereocenters. The third kappa shape index (κ3) is 3.26. The average molecular weight is 321 g/mol. The van der Waals surface area contributed by atoms with E-state index in [0.29, 0.717) is 19.5 Å². The maximum absolute atomic E-state index is 12.8. The number of carbonyl (C=O) groups excluding carboxylic acids is 3. The zero-order chi connectivity index (χ0) is 17.2. The Morgan fingerprint density at radius 3 is 2.70 bits per heavy atom. The molecule has 23 heavy (non-hydrogen) atoms. The van der Waals surface area contributed by atoms with Crippen molar-refractivity contribution in [3.8, 4) is 0 Å². The minimum atomic E-state index is -0.805. The highest BCUT2D eigenvalue weighted by Crippen LogP contribution is 2.38. The minimum absolute atomic E-state index is 0.102. The van der Waals surface area contributed by atoms with Gasteiger partial charge in [0.25, 0.3) is 5.91 Å². The third-order valence-electron chi connectivity index (χ3n) is 4.99. The van der Waals surface area contributed by atoms with Gasteiger partial charge >= 0.3 is 6.03 Å². The maximum Gasteiger partial charge on any atom is 0.325 e. The lowest BCUT2D eigenvalue weighted by Crippen LogP contribution is -2.54. The van der Waals surface area contributed by atoms with Crippen LogP contribution < -0.4 is 5.32 Å². The second kappa shape index (κ2) is 6.72. The smallest absolute Gasteiger partial charge is 0.325 e. The predicted octanol–water partition coefficient (Wildman–Crippen LogP) is 1.91.